The smallest absolute Gasteiger partial charge is 0.338 e. The first kappa shape index (κ1) is 42.3. The van der Waals surface area contributed by atoms with Crippen LogP contribution in [-0.2, 0) is 33.8 Å². The van der Waals surface area contributed by atoms with Crippen LogP contribution in [0.4, 0.5) is 0 Å². The number of hydrogen-bond acceptors (Lipinski definition) is 21. The summed E-state index contributed by atoms with van der Waals surface area (Å²) >= 11 is 0. The van der Waals surface area contributed by atoms with Crippen molar-refractivity contribution in [2.45, 2.75) is 37.9 Å². The first-order chi connectivity index (χ1) is 26.7. The fourth-order valence-electron chi connectivity index (χ4n) is 4.87. The van der Waals surface area contributed by atoms with Crippen molar-refractivity contribution in [1.29, 1.82) is 0 Å². The highest BCUT2D eigenvalue weighted by atomic mass is 16.6. The van der Waals surface area contributed by atoms with E-state index in [4.69, 9.17) is 14.2 Å². The van der Waals surface area contributed by atoms with Gasteiger partial charge < -0.3 is 75.5 Å². The summed E-state index contributed by atoms with van der Waals surface area (Å²) in [7, 11) is 0. The number of carbonyl (C=O) groups is 3. The Bertz CT molecular complexity index is 2020. The second-order valence-corrected chi connectivity index (χ2v) is 12.0. The molecule has 24 heteroatoms. The van der Waals surface area contributed by atoms with Crippen LogP contribution in [0, 0.1) is 0 Å². The van der Waals surface area contributed by atoms with Crippen LogP contribution < -0.4 is 17.1 Å². The number of phenolic OH excluding ortho intramolecular Hbond substituents is 9. The maximum Gasteiger partial charge on any atom is 0.338 e. The van der Waals surface area contributed by atoms with Gasteiger partial charge in [0.05, 0.1) is 36.3 Å². The second-order valence-electron chi connectivity index (χ2n) is 12.0. The zero-order valence-electron chi connectivity index (χ0n) is 28.8. The molecule has 0 aliphatic carbocycles. The molecule has 12 N–H and O–H groups in total. The summed E-state index contributed by atoms with van der Waals surface area (Å²) in [5, 5.41) is 118. The molecular weight excluding hydrogens is 774 g/mol. The Kier molecular flexibility index (Phi) is 12.9. The van der Waals surface area contributed by atoms with E-state index in [9.17, 15) is 90.0 Å². The van der Waals surface area contributed by atoms with Gasteiger partial charge in [0, 0.05) is 0 Å². The minimum Gasteiger partial charge on any atom is -0.504 e. The number of phenols is 9. The number of carbonyl (C=O) groups excluding carboxylic acids is 3. The highest BCUT2D eigenvalue weighted by molar-refractivity contribution is 5.92. The van der Waals surface area contributed by atoms with Crippen LogP contribution in [0.15, 0.2) is 50.8 Å². The van der Waals surface area contributed by atoms with E-state index in [0.29, 0.717) is 36.4 Å². The van der Waals surface area contributed by atoms with E-state index in [0.717, 1.165) is 0 Å². The van der Waals surface area contributed by atoms with E-state index in [-0.39, 0.29) is 13.7 Å². The van der Waals surface area contributed by atoms with Crippen molar-refractivity contribution in [3.63, 3.8) is 0 Å². The van der Waals surface area contributed by atoms with Crippen LogP contribution in [0.3, 0.4) is 0 Å². The molecule has 0 bridgehead atoms. The number of aromatic nitrogens is 3. The van der Waals surface area contributed by atoms with Crippen molar-refractivity contribution in [3.05, 3.63) is 84.5 Å². The molecule has 57 heavy (non-hydrogen) atoms. The minimum atomic E-state index is -1.91. The Morgan fingerprint density at radius 3 is 0.807 bits per heavy atom. The average molecular weight is 808 g/mol. The average Bonchev–Trinajstić information content (AvgIpc) is 3.16. The third-order valence-electron chi connectivity index (χ3n) is 7.70. The lowest BCUT2D eigenvalue weighted by atomic mass is 10.2. The molecule has 0 spiro atoms. The number of nitrogens with zero attached hydrogens (tertiary/aromatic N) is 3. The molecule has 3 unspecified atom stereocenters. The molecular formula is C33H33N3O21. The molecule has 0 saturated heterocycles. The number of ether oxygens (including phenoxy) is 3. The van der Waals surface area contributed by atoms with Crippen molar-refractivity contribution < 1.29 is 89.9 Å². The minimum absolute atomic E-state index is 0.222. The van der Waals surface area contributed by atoms with Gasteiger partial charge in [0.2, 0.25) is 0 Å². The summed E-state index contributed by atoms with van der Waals surface area (Å²) in [6, 6.07) is 4.28. The van der Waals surface area contributed by atoms with Crippen molar-refractivity contribution >= 4 is 17.9 Å². The summed E-state index contributed by atoms with van der Waals surface area (Å²) in [5.41, 5.74) is -5.97. The first-order valence-corrected chi connectivity index (χ1v) is 15.9. The molecule has 306 valence electrons. The standard InChI is InChI=1S/C33H33N3O21/c37-16(10-55-28(49)13-1-19(40)25(46)20(41)2-13)7-34-31(52)35(8-17(38)11-56-29(50)14-3-21(42)26(47)22(43)4-14)33(54)36(32(34)53)9-18(39)12-57-30(51)15-5-23(44)27(48)24(45)6-15/h1-6,16-18,37-48H,7-12H2. The third-order valence-corrected chi connectivity index (χ3v) is 7.70. The Balaban J connectivity index is 1.57. The normalized spacial score (nSPS) is 12.7. The number of benzene rings is 3. The van der Waals surface area contributed by atoms with Gasteiger partial charge in [-0.1, -0.05) is 0 Å². The molecule has 4 aromatic rings. The van der Waals surface area contributed by atoms with E-state index < -0.39 is 161 Å². The van der Waals surface area contributed by atoms with Gasteiger partial charge in [-0.3, -0.25) is 0 Å². The SMILES string of the molecule is O=C(OCC(O)Cn1c(=O)n(CC(O)COC(=O)c2cc(O)c(O)c(O)c2)c(=O)n(CC(O)COC(=O)c2cc(O)c(O)c(O)c2)c1=O)c1cc(O)c(O)c(O)c1. The predicted octanol–water partition coefficient (Wildman–Crippen LogP) is -2.82. The van der Waals surface area contributed by atoms with Gasteiger partial charge in [-0.25, -0.2) is 42.5 Å². The van der Waals surface area contributed by atoms with Crippen LogP contribution in [0.2, 0.25) is 0 Å². The van der Waals surface area contributed by atoms with Crippen molar-refractivity contribution in [2.24, 2.45) is 0 Å². The second kappa shape index (κ2) is 17.4. The van der Waals surface area contributed by atoms with E-state index in [1.807, 2.05) is 0 Å². The maximum absolute atomic E-state index is 13.4. The predicted molar refractivity (Wildman–Crippen MR) is 182 cm³/mol. The fraction of sp³-hybridized carbons (Fsp3) is 0.273. The van der Waals surface area contributed by atoms with Gasteiger partial charge in [0.15, 0.2) is 51.7 Å². The number of esters is 3. The zero-order valence-corrected chi connectivity index (χ0v) is 28.8. The van der Waals surface area contributed by atoms with Crippen LogP contribution in [0.1, 0.15) is 31.1 Å². The molecule has 0 fully saturated rings. The first-order valence-electron chi connectivity index (χ1n) is 15.9. The van der Waals surface area contributed by atoms with E-state index in [1.165, 1.54) is 0 Å². The summed E-state index contributed by atoms with van der Waals surface area (Å²) in [6.45, 7) is -5.99. The van der Waals surface area contributed by atoms with E-state index in [1.54, 1.807) is 0 Å². The lowest BCUT2D eigenvalue weighted by Crippen LogP contribution is -2.57. The molecule has 3 atom stereocenters. The van der Waals surface area contributed by atoms with Gasteiger partial charge in [-0.2, -0.15) is 0 Å². The van der Waals surface area contributed by atoms with Crippen molar-refractivity contribution in [1.82, 2.24) is 13.7 Å². The Morgan fingerprint density at radius 1 is 0.421 bits per heavy atom. The van der Waals surface area contributed by atoms with Crippen LogP contribution in [-0.4, -0.2) is 131 Å². The van der Waals surface area contributed by atoms with Gasteiger partial charge in [0.25, 0.3) is 0 Å². The van der Waals surface area contributed by atoms with Gasteiger partial charge >= 0.3 is 35.0 Å². The molecule has 4 rings (SSSR count). The Labute approximate surface area is 315 Å². The molecule has 1 aromatic heterocycles. The van der Waals surface area contributed by atoms with Crippen molar-refractivity contribution in [2.75, 3.05) is 19.8 Å². The fourth-order valence-corrected chi connectivity index (χ4v) is 4.87. The molecule has 0 aliphatic rings. The maximum atomic E-state index is 13.4. The monoisotopic (exact) mass is 807 g/mol. The quantitative estimate of drug-likeness (QED) is 0.0327. The number of aliphatic hydroxyl groups is 3. The molecule has 1 heterocycles. The number of aromatic hydroxyl groups is 9. The number of hydrogen-bond donors (Lipinski definition) is 12. The molecule has 0 aliphatic heterocycles. The van der Waals surface area contributed by atoms with Crippen LogP contribution in [0.25, 0.3) is 0 Å². The van der Waals surface area contributed by atoms with Gasteiger partial charge in [-0.05, 0) is 36.4 Å². The van der Waals surface area contributed by atoms with E-state index >= 15 is 0 Å². The lowest BCUT2D eigenvalue weighted by Gasteiger charge is -2.19. The Morgan fingerprint density at radius 2 is 0.614 bits per heavy atom. The zero-order chi connectivity index (χ0) is 42.5. The summed E-state index contributed by atoms with van der Waals surface area (Å²) < 4.78 is 15.3. The molecule has 3 aromatic carbocycles. The largest absolute Gasteiger partial charge is 0.504 e. The van der Waals surface area contributed by atoms with Gasteiger partial charge in [-0.15, -0.1) is 0 Å². The van der Waals surface area contributed by atoms with Crippen molar-refractivity contribution in [3.8, 4) is 51.7 Å². The topological polar surface area (TPSA) is 388 Å². The Hall–Kier alpha value is -7.44. The van der Waals surface area contributed by atoms with Crippen LogP contribution >= 0.6 is 0 Å². The number of aliphatic hydroxyl groups excluding tert-OH is 3. The lowest BCUT2D eigenvalue weighted by molar-refractivity contribution is 0.0168. The molecule has 24 nitrogen and oxygen atoms in total. The number of rotatable bonds is 15. The molecule has 0 saturated carbocycles. The summed E-state index contributed by atoms with van der Waals surface area (Å²) in [6.07, 6.45) is -5.73. The highest BCUT2D eigenvalue weighted by Crippen LogP contribution is 2.37. The molecule has 0 amide bonds. The van der Waals surface area contributed by atoms with Gasteiger partial charge in [0.1, 0.15) is 38.1 Å². The van der Waals surface area contributed by atoms with E-state index in [2.05, 4.69) is 0 Å². The van der Waals surface area contributed by atoms with Crippen LogP contribution in [0.5, 0.6) is 51.7 Å². The third kappa shape index (κ3) is 9.82. The molecule has 0 radical (unpaired) electrons. The summed E-state index contributed by atoms with van der Waals surface area (Å²) in [5.74, 6) is -12.0. The summed E-state index contributed by atoms with van der Waals surface area (Å²) in [4.78, 5) is 77.6. The highest BCUT2D eigenvalue weighted by Gasteiger charge is 2.25.